The lowest BCUT2D eigenvalue weighted by Gasteiger charge is -2.36. The molecule has 1 amide bonds. The van der Waals surface area contributed by atoms with Crippen molar-refractivity contribution in [3.63, 3.8) is 0 Å². The van der Waals surface area contributed by atoms with Crippen molar-refractivity contribution in [2.24, 2.45) is 0 Å². The summed E-state index contributed by atoms with van der Waals surface area (Å²) in [4.78, 5) is 31.3. The number of ketones is 1. The summed E-state index contributed by atoms with van der Waals surface area (Å²) in [5.41, 5.74) is 1.28. The van der Waals surface area contributed by atoms with E-state index in [0.717, 1.165) is 0 Å². The van der Waals surface area contributed by atoms with Crippen molar-refractivity contribution in [3.05, 3.63) is 58.6 Å². The highest BCUT2D eigenvalue weighted by Crippen LogP contribution is 2.23. The van der Waals surface area contributed by atoms with Gasteiger partial charge in [-0.1, -0.05) is 11.6 Å². The summed E-state index contributed by atoms with van der Waals surface area (Å²) in [7, 11) is 0. The normalized spacial score (nSPS) is 14.5. The maximum atomic E-state index is 14.3. The molecule has 1 fully saturated rings. The SMILES string of the molecule is CC(=O)c1ccc(N2CCN(C(=O)c3ccc(Cl)nc3)CC2)c(F)c1. The minimum atomic E-state index is -0.422. The average molecular weight is 362 g/mol. The van der Waals surface area contributed by atoms with E-state index in [4.69, 9.17) is 11.6 Å². The zero-order chi connectivity index (χ0) is 18.0. The van der Waals surface area contributed by atoms with Crippen molar-refractivity contribution in [3.8, 4) is 0 Å². The van der Waals surface area contributed by atoms with Gasteiger partial charge in [0, 0.05) is 37.9 Å². The molecule has 7 heteroatoms. The minimum Gasteiger partial charge on any atom is -0.366 e. The van der Waals surface area contributed by atoms with Crippen LogP contribution in [-0.2, 0) is 0 Å². The molecule has 25 heavy (non-hydrogen) atoms. The maximum Gasteiger partial charge on any atom is 0.255 e. The number of nitrogens with zero attached hydrogens (tertiary/aromatic N) is 3. The molecule has 0 saturated carbocycles. The monoisotopic (exact) mass is 361 g/mol. The number of hydrogen-bond donors (Lipinski definition) is 0. The molecule has 0 atom stereocenters. The van der Waals surface area contributed by atoms with Crippen LogP contribution in [0.1, 0.15) is 27.6 Å². The second-order valence-corrected chi connectivity index (χ2v) is 6.26. The standard InChI is InChI=1S/C18H17ClFN3O2/c1-12(24)13-2-4-16(15(20)10-13)22-6-8-23(9-7-22)18(25)14-3-5-17(19)21-11-14/h2-5,10-11H,6-9H2,1H3. The highest BCUT2D eigenvalue weighted by Gasteiger charge is 2.24. The smallest absolute Gasteiger partial charge is 0.255 e. The number of hydrogen-bond acceptors (Lipinski definition) is 4. The lowest BCUT2D eigenvalue weighted by atomic mass is 10.1. The summed E-state index contributed by atoms with van der Waals surface area (Å²) in [6, 6.07) is 7.72. The topological polar surface area (TPSA) is 53.5 Å². The van der Waals surface area contributed by atoms with Crippen LogP contribution >= 0.6 is 11.6 Å². The fourth-order valence-electron chi connectivity index (χ4n) is 2.82. The fraction of sp³-hybridized carbons (Fsp3) is 0.278. The molecule has 0 radical (unpaired) electrons. The molecule has 0 aliphatic carbocycles. The first-order valence-corrected chi connectivity index (χ1v) is 8.30. The van der Waals surface area contributed by atoms with Crippen LogP contribution in [0.25, 0.3) is 0 Å². The Morgan fingerprint density at radius 1 is 1.08 bits per heavy atom. The van der Waals surface area contributed by atoms with Crippen molar-refractivity contribution in [2.75, 3.05) is 31.1 Å². The molecule has 1 aliphatic rings. The predicted octanol–water partition coefficient (Wildman–Crippen LogP) is 3.04. The highest BCUT2D eigenvalue weighted by molar-refractivity contribution is 6.29. The predicted molar refractivity (Wildman–Crippen MR) is 93.8 cm³/mol. The van der Waals surface area contributed by atoms with Crippen molar-refractivity contribution >= 4 is 29.0 Å². The number of aromatic nitrogens is 1. The van der Waals surface area contributed by atoms with Crippen LogP contribution < -0.4 is 4.90 Å². The Labute approximate surface area is 150 Å². The Balaban J connectivity index is 1.66. The van der Waals surface area contributed by atoms with Crippen LogP contribution in [0.4, 0.5) is 10.1 Å². The van der Waals surface area contributed by atoms with E-state index in [1.807, 2.05) is 4.90 Å². The molecule has 2 heterocycles. The molecule has 0 spiro atoms. The number of halogens is 2. The molecule has 2 aromatic rings. The van der Waals surface area contributed by atoms with Gasteiger partial charge >= 0.3 is 0 Å². The Morgan fingerprint density at radius 2 is 1.76 bits per heavy atom. The lowest BCUT2D eigenvalue weighted by molar-refractivity contribution is 0.0746. The molecule has 1 aromatic carbocycles. The van der Waals surface area contributed by atoms with Gasteiger partial charge in [-0.2, -0.15) is 0 Å². The second-order valence-electron chi connectivity index (χ2n) is 5.87. The third-order valence-corrected chi connectivity index (χ3v) is 4.46. The number of anilines is 1. The average Bonchev–Trinajstić information content (AvgIpc) is 2.62. The number of benzene rings is 1. The molecule has 1 aliphatic heterocycles. The molecule has 5 nitrogen and oxygen atoms in total. The van der Waals surface area contributed by atoms with Crippen molar-refractivity contribution < 1.29 is 14.0 Å². The van der Waals surface area contributed by atoms with Gasteiger partial charge in [0.1, 0.15) is 11.0 Å². The van der Waals surface area contributed by atoms with E-state index in [1.165, 1.54) is 19.2 Å². The number of Topliss-reactive ketones (excluding diaryl/α,β-unsaturated/α-hetero) is 1. The Hall–Kier alpha value is -2.47. The van der Waals surface area contributed by atoms with E-state index in [-0.39, 0.29) is 11.7 Å². The molecular formula is C18H17ClFN3O2. The van der Waals surface area contributed by atoms with E-state index in [0.29, 0.717) is 48.1 Å². The van der Waals surface area contributed by atoms with Crippen LogP contribution in [0.15, 0.2) is 36.5 Å². The number of piperazine rings is 1. The first-order chi connectivity index (χ1) is 12.0. The van der Waals surface area contributed by atoms with Crippen LogP contribution in [0.2, 0.25) is 5.15 Å². The zero-order valence-electron chi connectivity index (χ0n) is 13.7. The summed E-state index contributed by atoms with van der Waals surface area (Å²) in [6.45, 7) is 3.40. The summed E-state index contributed by atoms with van der Waals surface area (Å²) < 4.78 is 14.3. The lowest BCUT2D eigenvalue weighted by Crippen LogP contribution is -2.49. The highest BCUT2D eigenvalue weighted by atomic mass is 35.5. The van der Waals surface area contributed by atoms with E-state index in [1.54, 1.807) is 29.2 Å². The van der Waals surface area contributed by atoms with Gasteiger partial charge in [0.2, 0.25) is 0 Å². The number of amides is 1. The molecule has 1 aromatic heterocycles. The van der Waals surface area contributed by atoms with Gasteiger partial charge in [0.05, 0.1) is 11.3 Å². The molecule has 3 rings (SSSR count). The Morgan fingerprint density at radius 3 is 2.32 bits per heavy atom. The van der Waals surface area contributed by atoms with Gasteiger partial charge in [-0.3, -0.25) is 9.59 Å². The van der Waals surface area contributed by atoms with Gasteiger partial charge in [-0.05, 0) is 37.3 Å². The van der Waals surface area contributed by atoms with E-state index >= 15 is 0 Å². The van der Waals surface area contributed by atoms with Gasteiger partial charge in [-0.15, -0.1) is 0 Å². The van der Waals surface area contributed by atoms with Crippen molar-refractivity contribution in [1.29, 1.82) is 0 Å². The number of pyridine rings is 1. The van der Waals surface area contributed by atoms with E-state index in [9.17, 15) is 14.0 Å². The number of rotatable bonds is 3. The Bertz CT molecular complexity index is 802. The number of carbonyl (C=O) groups is 2. The van der Waals surface area contributed by atoms with Gasteiger partial charge in [0.25, 0.3) is 5.91 Å². The molecule has 130 valence electrons. The number of carbonyl (C=O) groups excluding carboxylic acids is 2. The van der Waals surface area contributed by atoms with Crippen LogP contribution in [0.5, 0.6) is 0 Å². The minimum absolute atomic E-state index is 0.115. The first-order valence-electron chi connectivity index (χ1n) is 7.92. The van der Waals surface area contributed by atoms with Crippen LogP contribution in [0.3, 0.4) is 0 Å². The van der Waals surface area contributed by atoms with Gasteiger partial charge < -0.3 is 9.80 Å². The first kappa shape index (κ1) is 17.4. The quantitative estimate of drug-likeness (QED) is 0.623. The second kappa shape index (κ2) is 7.19. The summed E-state index contributed by atoms with van der Waals surface area (Å²) >= 11 is 5.74. The van der Waals surface area contributed by atoms with E-state index < -0.39 is 5.82 Å². The molecular weight excluding hydrogens is 345 g/mol. The molecule has 0 bridgehead atoms. The zero-order valence-corrected chi connectivity index (χ0v) is 14.5. The summed E-state index contributed by atoms with van der Waals surface area (Å²) in [5, 5.41) is 0.339. The van der Waals surface area contributed by atoms with Gasteiger partial charge in [-0.25, -0.2) is 9.37 Å². The Kier molecular flexibility index (Phi) is 4.99. The van der Waals surface area contributed by atoms with E-state index in [2.05, 4.69) is 4.98 Å². The summed E-state index contributed by atoms with van der Waals surface area (Å²) in [6.07, 6.45) is 1.46. The van der Waals surface area contributed by atoms with Crippen molar-refractivity contribution in [1.82, 2.24) is 9.88 Å². The largest absolute Gasteiger partial charge is 0.366 e. The molecule has 1 saturated heterocycles. The van der Waals surface area contributed by atoms with Gasteiger partial charge in [0.15, 0.2) is 5.78 Å². The van der Waals surface area contributed by atoms with Crippen LogP contribution in [0, 0.1) is 5.82 Å². The van der Waals surface area contributed by atoms with Crippen molar-refractivity contribution in [2.45, 2.75) is 6.92 Å². The molecule has 0 unspecified atom stereocenters. The fourth-order valence-corrected chi connectivity index (χ4v) is 2.93. The third kappa shape index (κ3) is 3.79. The maximum absolute atomic E-state index is 14.3. The molecule has 0 N–H and O–H groups in total. The third-order valence-electron chi connectivity index (χ3n) is 4.24. The summed E-state index contributed by atoms with van der Waals surface area (Å²) in [5.74, 6) is -0.706. The van der Waals surface area contributed by atoms with Crippen LogP contribution in [-0.4, -0.2) is 47.8 Å².